The third kappa shape index (κ3) is 4.73. The number of likely N-dealkylation sites (N-methyl/N-ethyl adjacent to an activating group) is 1. The molecule has 0 bridgehead atoms. The van der Waals surface area contributed by atoms with Gasteiger partial charge in [-0.1, -0.05) is 6.92 Å². The number of rotatable bonds is 7. The quantitative estimate of drug-likeness (QED) is 0.779. The van der Waals surface area contributed by atoms with E-state index in [4.69, 9.17) is 0 Å². The minimum atomic E-state index is 0.0455. The number of carbonyl (C=O) groups is 1. The van der Waals surface area contributed by atoms with E-state index in [-0.39, 0.29) is 12.5 Å². The van der Waals surface area contributed by atoms with Gasteiger partial charge >= 0.3 is 0 Å². The van der Waals surface area contributed by atoms with E-state index in [0.29, 0.717) is 12.4 Å². The number of nitrogens with zero attached hydrogens (tertiary/aromatic N) is 3. The molecule has 1 rings (SSSR count). The summed E-state index contributed by atoms with van der Waals surface area (Å²) in [6.45, 7) is 4.98. The van der Waals surface area contributed by atoms with Crippen molar-refractivity contribution >= 4 is 17.5 Å². The van der Waals surface area contributed by atoms with E-state index >= 15 is 0 Å². The Morgan fingerprint density at radius 2 is 2.00 bits per heavy atom. The van der Waals surface area contributed by atoms with Crippen molar-refractivity contribution in [3.8, 4) is 0 Å². The molecule has 0 aliphatic heterocycles. The molecule has 0 saturated heterocycles. The Kier molecular flexibility index (Phi) is 6.05. The average Bonchev–Trinajstić information content (AvgIpc) is 2.43. The lowest BCUT2D eigenvalue weighted by molar-refractivity contribution is -0.127. The minimum absolute atomic E-state index is 0.0455. The Balaban J connectivity index is 2.71. The highest BCUT2D eigenvalue weighted by Crippen LogP contribution is 2.11. The van der Waals surface area contributed by atoms with E-state index in [1.54, 1.807) is 18.0 Å². The molecular weight excluding hydrogens is 242 g/mol. The Labute approximate surface area is 114 Å². The van der Waals surface area contributed by atoms with Gasteiger partial charge in [-0.25, -0.2) is 9.97 Å². The van der Waals surface area contributed by atoms with E-state index in [1.165, 1.54) is 0 Å². The van der Waals surface area contributed by atoms with E-state index in [0.717, 1.165) is 24.5 Å². The fourth-order valence-corrected chi connectivity index (χ4v) is 1.53. The zero-order valence-electron chi connectivity index (χ0n) is 12.2. The summed E-state index contributed by atoms with van der Waals surface area (Å²) in [5, 5.41) is 6.05. The number of amides is 1. The summed E-state index contributed by atoms with van der Waals surface area (Å²) in [5.41, 5.74) is 0. The highest BCUT2D eigenvalue weighted by Gasteiger charge is 2.08. The standard InChI is InChI=1S/C13H23N5O/c1-5-7-10-16-11(14-3)8-12(17-10)15-9-13(19)18(4)6-2/h8H,5-7,9H2,1-4H3,(H2,14,15,16,17). The second-order valence-corrected chi connectivity index (χ2v) is 4.32. The van der Waals surface area contributed by atoms with Gasteiger partial charge in [-0.15, -0.1) is 0 Å². The third-order valence-electron chi connectivity index (χ3n) is 2.82. The molecule has 1 aromatic heterocycles. The van der Waals surface area contributed by atoms with Crippen LogP contribution in [0.25, 0.3) is 0 Å². The molecule has 0 atom stereocenters. The van der Waals surface area contributed by atoms with Crippen LogP contribution in [0, 0.1) is 0 Å². The minimum Gasteiger partial charge on any atom is -0.373 e. The van der Waals surface area contributed by atoms with Gasteiger partial charge in [0.25, 0.3) is 0 Å². The monoisotopic (exact) mass is 265 g/mol. The summed E-state index contributed by atoms with van der Waals surface area (Å²) in [4.78, 5) is 22.1. The van der Waals surface area contributed by atoms with Crippen LogP contribution in [0.3, 0.4) is 0 Å². The molecule has 0 unspecified atom stereocenters. The fourth-order valence-electron chi connectivity index (χ4n) is 1.53. The largest absolute Gasteiger partial charge is 0.373 e. The van der Waals surface area contributed by atoms with Crippen LogP contribution in [-0.2, 0) is 11.2 Å². The van der Waals surface area contributed by atoms with E-state index < -0.39 is 0 Å². The Morgan fingerprint density at radius 1 is 1.32 bits per heavy atom. The van der Waals surface area contributed by atoms with Crippen LogP contribution in [0.15, 0.2) is 6.07 Å². The van der Waals surface area contributed by atoms with Crippen molar-refractivity contribution in [2.24, 2.45) is 0 Å². The molecule has 6 nitrogen and oxygen atoms in total. The molecule has 0 aliphatic rings. The molecule has 0 fully saturated rings. The number of nitrogens with one attached hydrogen (secondary N) is 2. The molecule has 106 valence electrons. The first-order valence-electron chi connectivity index (χ1n) is 6.64. The van der Waals surface area contributed by atoms with Crippen molar-refractivity contribution in [2.45, 2.75) is 26.7 Å². The zero-order chi connectivity index (χ0) is 14.3. The second-order valence-electron chi connectivity index (χ2n) is 4.32. The van der Waals surface area contributed by atoms with Gasteiger partial charge in [0, 0.05) is 33.1 Å². The van der Waals surface area contributed by atoms with Crippen molar-refractivity contribution in [1.29, 1.82) is 0 Å². The first-order chi connectivity index (χ1) is 9.10. The second kappa shape index (κ2) is 7.56. The molecule has 1 aromatic rings. The zero-order valence-corrected chi connectivity index (χ0v) is 12.2. The van der Waals surface area contributed by atoms with Gasteiger partial charge in [-0.05, 0) is 13.3 Å². The van der Waals surface area contributed by atoms with Crippen LogP contribution >= 0.6 is 0 Å². The normalized spacial score (nSPS) is 10.1. The van der Waals surface area contributed by atoms with Gasteiger partial charge in [0.2, 0.25) is 5.91 Å². The van der Waals surface area contributed by atoms with E-state index in [9.17, 15) is 4.79 Å². The van der Waals surface area contributed by atoms with Crippen LogP contribution < -0.4 is 10.6 Å². The van der Waals surface area contributed by atoms with Crippen LogP contribution in [0.5, 0.6) is 0 Å². The predicted molar refractivity (Wildman–Crippen MR) is 77.4 cm³/mol. The molecule has 2 N–H and O–H groups in total. The molecule has 19 heavy (non-hydrogen) atoms. The summed E-state index contributed by atoms with van der Waals surface area (Å²) in [5.74, 6) is 2.27. The topological polar surface area (TPSA) is 70.2 Å². The highest BCUT2D eigenvalue weighted by molar-refractivity contribution is 5.80. The van der Waals surface area contributed by atoms with Crippen LogP contribution in [0.1, 0.15) is 26.1 Å². The summed E-state index contributed by atoms with van der Waals surface area (Å²) >= 11 is 0. The molecule has 0 radical (unpaired) electrons. The van der Waals surface area contributed by atoms with Crippen molar-refractivity contribution in [3.05, 3.63) is 11.9 Å². The van der Waals surface area contributed by atoms with Crippen molar-refractivity contribution in [1.82, 2.24) is 14.9 Å². The maximum Gasteiger partial charge on any atom is 0.241 e. The van der Waals surface area contributed by atoms with Gasteiger partial charge in [0.1, 0.15) is 17.5 Å². The molecule has 6 heteroatoms. The summed E-state index contributed by atoms with van der Waals surface area (Å²) < 4.78 is 0. The summed E-state index contributed by atoms with van der Waals surface area (Å²) in [6, 6.07) is 1.80. The van der Waals surface area contributed by atoms with Crippen LogP contribution in [-0.4, -0.2) is 48.0 Å². The smallest absolute Gasteiger partial charge is 0.241 e. The number of hydrogen-bond donors (Lipinski definition) is 2. The van der Waals surface area contributed by atoms with Crippen molar-refractivity contribution in [3.63, 3.8) is 0 Å². The molecule has 1 heterocycles. The summed E-state index contributed by atoms with van der Waals surface area (Å²) in [7, 11) is 3.60. The third-order valence-corrected chi connectivity index (χ3v) is 2.82. The van der Waals surface area contributed by atoms with Gasteiger partial charge < -0.3 is 15.5 Å². The molecule has 1 amide bonds. The molecule has 0 spiro atoms. The maximum absolute atomic E-state index is 11.7. The SMILES string of the molecule is CCCc1nc(NC)cc(NCC(=O)N(C)CC)n1. The van der Waals surface area contributed by atoms with Crippen LogP contribution in [0.4, 0.5) is 11.6 Å². The van der Waals surface area contributed by atoms with Crippen molar-refractivity contribution in [2.75, 3.05) is 37.8 Å². The molecule has 0 aliphatic carbocycles. The first kappa shape index (κ1) is 15.2. The fraction of sp³-hybridized carbons (Fsp3) is 0.615. The van der Waals surface area contributed by atoms with Crippen LogP contribution in [0.2, 0.25) is 0 Å². The number of aryl methyl sites for hydroxylation is 1. The lowest BCUT2D eigenvalue weighted by Crippen LogP contribution is -2.32. The van der Waals surface area contributed by atoms with Gasteiger partial charge in [-0.3, -0.25) is 4.79 Å². The summed E-state index contributed by atoms with van der Waals surface area (Å²) in [6.07, 6.45) is 1.82. The number of aromatic nitrogens is 2. The Hall–Kier alpha value is -1.85. The molecule has 0 saturated carbocycles. The van der Waals surface area contributed by atoms with Gasteiger partial charge in [0.15, 0.2) is 0 Å². The Morgan fingerprint density at radius 3 is 2.58 bits per heavy atom. The van der Waals surface area contributed by atoms with Crippen molar-refractivity contribution < 1.29 is 4.79 Å². The Bertz CT molecular complexity index is 421. The maximum atomic E-state index is 11.7. The van der Waals surface area contributed by atoms with Gasteiger partial charge in [0.05, 0.1) is 6.54 Å². The predicted octanol–water partition coefficient (Wildman–Crippen LogP) is 1.36. The average molecular weight is 265 g/mol. The molecular formula is C13H23N5O. The number of carbonyl (C=O) groups excluding carboxylic acids is 1. The molecule has 0 aromatic carbocycles. The number of anilines is 2. The van der Waals surface area contributed by atoms with E-state index in [2.05, 4.69) is 27.5 Å². The van der Waals surface area contributed by atoms with E-state index in [1.807, 2.05) is 14.0 Å². The lowest BCUT2D eigenvalue weighted by Gasteiger charge is -2.15. The lowest BCUT2D eigenvalue weighted by atomic mass is 10.3. The highest BCUT2D eigenvalue weighted by atomic mass is 16.2. The first-order valence-corrected chi connectivity index (χ1v) is 6.64. The number of hydrogen-bond acceptors (Lipinski definition) is 5. The van der Waals surface area contributed by atoms with Gasteiger partial charge in [-0.2, -0.15) is 0 Å².